The Morgan fingerprint density at radius 3 is 2.75 bits per heavy atom. The quantitative estimate of drug-likeness (QED) is 0.639. The molecule has 0 saturated heterocycles. The average molecular weight is 279 g/mol. The van der Waals surface area contributed by atoms with Gasteiger partial charge in [-0.2, -0.15) is 0 Å². The zero-order valence-electron chi connectivity index (χ0n) is 11.8. The van der Waals surface area contributed by atoms with Crippen molar-refractivity contribution in [1.29, 1.82) is 0 Å². The highest BCUT2D eigenvalue weighted by atomic mass is 16.6. The second kappa shape index (κ2) is 6.17. The van der Waals surface area contributed by atoms with Crippen LogP contribution < -0.4 is 5.32 Å². The molecule has 0 amide bonds. The molecule has 0 aromatic carbocycles. The first-order valence-electron chi connectivity index (χ1n) is 7.03. The summed E-state index contributed by atoms with van der Waals surface area (Å²) in [5.41, 5.74) is 0.447. The van der Waals surface area contributed by atoms with Gasteiger partial charge in [0.15, 0.2) is 0 Å². The minimum atomic E-state index is -0.406. The van der Waals surface area contributed by atoms with E-state index in [9.17, 15) is 15.2 Å². The van der Waals surface area contributed by atoms with Crippen LogP contribution in [0.4, 0.5) is 11.5 Å². The molecule has 110 valence electrons. The molecule has 1 heterocycles. The van der Waals surface area contributed by atoms with E-state index in [1.807, 2.05) is 0 Å². The summed E-state index contributed by atoms with van der Waals surface area (Å²) < 4.78 is 0. The number of aliphatic hydroxyl groups is 1. The van der Waals surface area contributed by atoms with E-state index in [1.54, 1.807) is 19.2 Å². The molecule has 1 aliphatic carbocycles. The maximum atomic E-state index is 11.1. The van der Waals surface area contributed by atoms with Gasteiger partial charge in [0.2, 0.25) is 5.82 Å². The van der Waals surface area contributed by atoms with Crippen LogP contribution in [0.1, 0.15) is 37.7 Å². The summed E-state index contributed by atoms with van der Waals surface area (Å²) in [6, 6.07) is 1.63. The van der Waals surface area contributed by atoms with Crippen molar-refractivity contribution < 1.29 is 10.0 Å². The number of hydrogen-bond donors (Lipinski definition) is 2. The maximum absolute atomic E-state index is 11.1. The Labute approximate surface area is 118 Å². The van der Waals surface area contributed by atoms with Crippen LogP contribution in [0.15, 0.2) is 12.3 Å². The van der Waals surface area contributed by atoms with Gasteiger partial charge in [-0.25, -0.2) is 4.98 Å². The van der Waals surface area contributed by atoms with Gasteiger partial charge in [0, 0.05) is 23.7 Å². The van der Waals surface area contributed by atoms with Crippen molar-refractivity contribution in [2.75, 3.05) is 18.5 Å². The van der Waals surface area contributed by atoms with Crippen molar-refractivity contribution in [1.82, 2.24) is 4.98 Å². The van der Waals surface area contributed by atoms with E-state index >= 15 is 0 Å². The lowest BCUT2D eigenvalue weighted by molar-refractivity contribution is -0.384. The normalized spacial score (nSPS) is 17.7. The zero-order valence-corrected chi connectivity index (χ0v) is 11.8. The number of pyridine rings is 1. The molecule has 1 saturated carbocycles. The van der Waals surface area contributed by atoms with Crippen molar-refractivity contribution in [3.63, 3.8) is 0 Å². The van der Waals surface area contributed by atoms with Gasteiger partial charge >= 0.3 is 5.69 Å². The largest absolute Gasteiger partial charge is 0.396 e. The molecular weight excluding hydrogens is 258 g/mol. The highest BCUT2D eigenvalue weighted by molar-refractivity contribution is 5.59. The van der Waals surface area contributed by atoms with E-state index < -0.39 is 4.92 Å². The third-order valence-corrected chi connectivity index (χ3v) is 4.19. The van der Waals surface area contributed by atoms with E-state index in [4.69, 9.17) is 0 Å². The third-order valence-electron chi connectivity index (χ3n) is 4.19. The fourth-order valence-electron chi connectivity index (χ4n) is 2.87. The van der Waals surface area contributed by atoms with E-state index in [-0.39, 0.29) is 17.7 Å². The molecule has 0 unspecified atom stereocenters. The van der Waals surface area contributed by atoms with Crippen LogP contribution >= 0.6 is 0 Å². The van der Waals surface area contributed by atoms with Crippen molar-refractivity contribution in [3.8, 4) is 0 Å². The smallest absolute Gasteiger partial charge is 0.314 e. The summed E-state index contributed by atoms with van der Waals surface area (Å²) in [5, 5.41) is 23.9. The van der Waals surface area contributed by atoms with Crippen LogP contribution in [-0.2, 0) is 0 Å². The molecule has 1 fully saturated rings. The summed E-state index contributed by atoms with van der Waals surface area (Å²) in [6.45, 7) is 2.34. The molecule has 2 rings (SSSR count). The SMILES string of the molecule is Cc1ccnc(NCC2(CO)CCCCC2)c1[N+](=O)[O-]. The molecule has 0 radical (unpaired) electrons. The van der Waals surface area contributed by atoms with Crippen LogP contribution in [0.25, 0.3) is 0 Å². The van der Waals surface area contributed by atoms with Gasteiger partial charge in [0.25, 0.3) is 0 Å². The minimum absolute atomic E-state index is 0.0244. The number of rotatable bonds is 5. The molecular formula is C14H21N3O3. The highest BCUT2D eigenvalue weighted by Crippen LogP contribution is 2.36. The van der Waals surface area contributed by atoms with E-state index in [1.165, 1.54) is 6.42 Å². The average Bonchev–Trinajstić information content (AvgIpc) is 2.45. The molecule has 1 aromatic heterocycles. The number of anilines is 1. The molecule has 20 heavy (non-hydrogen) atoms. The standard InChI is InChI=1S/C14H21N3O3/c1-11-5-8-15-13(12(11)17(19)20)16-9-14(10-18)6-3-2-4-7-14/h5,8,18H,2-4,6-7,9-10H2,1H3,(H,15,16). The van der Waals surface area contributed by atoms with E-state index in [2.05, 4.69) is 10.3 Å². The van der Waals surface area contributed by atoms with E-state index in [0.29, 0.717) is 17.9 Å². The van der Waals surface area contributed by atoms with Crippen LogP contribution in [0.5, 0.6) is 0 Å². The molecule has 6 nitrogen and oxygen atoms in total. The Morgan fingerprint density at radius 1 is 1.45 bits per heavy atom. The first-order chi connectivity index (χ1) is 9.58. The number of nitrogens with zero attached hydrogens (tertiary/aromatic N) is 2. The number of aryl methyl sites for hydroxylation is 1. The molecule has 6 heteroatoms. The van der Waals surface area contributed by atoms with Crippen LogP contribution in [0.2, 0.25) is 0 Å². The van der Waals surface area contributed by atoms with E-state index in [0.717, 1.165) is 25.7 Å². The van der Waals surface area contributed by atoms with Gasteiger partial charge in [-0.15, -0.1) is 0 Å². The first kappa shape index (κ1) is 14.7. The van der Waals surface area contributed by atoms with Crippen molar-refractivity contribution in [2.45, 2.75) is 39.0 Å². The Kier molecular flexibility index (Phi) is 4.54. The van der Waals surface area contributed by atoms with Crippen LogP contribution in [-0.4, -0.2) is 28.2 Å². The predicted molar refractivity (Wildman–Crippen MR) is 76.7 cm³/mol. The summed E-state index contributed by atoms with van der Waals surface area (Å²) in [7, 11) is 0. The van der Waals surface area contributed by atoms with Gasteiger partial charge in [-0.1, -0.05) is 19.3 Å². The zero-order chi connectivity index (χ0) is 14.6. The van der Waals surface area contributed by atoms with Crippen LogP contribution in [0, 0.1) is 22.5 Å². The van der Waals surface area contributed by atoms with Gasteiger partial charge in [0.1, 0.15) is 0 Å². The maximum Gasteiger partial charge on any atom is 0.314 e. The van der Waals surface area contributed by atoms with Gasteiger partial charge in [-0.05, 0) is 25.8 Å². The fraction of sp³-hybridized carbons (Fsp3) is 0.643. The first-order valence-corrected chi connectivity index (χ1v) is 7.03. The molecule has 1 aliphatic rings. The Balaban J connectivity index is 2.14. The number of hydrogen-bond acceptors (Lipinski definition) is 5. The van der Waals surface area contributed by atoms with Gasteiger partial charge in [0.05, 0.1) is 11.5 Å². The minimum Gasteiger partial charge on any atom is -0.396 e. The molecule has 0 atom stereocenters. The Bertz CT molecular complexity index is 485. The topological polar surface area (TPSA) is 88.3 Å². The number of nitro groups is 1. The summed E-state index contributed by atoms with van der Waals surface area (Å²) >= 11 is 0. The van der Waals surface area contributed by atoms with Crippen molar-refractivity contribution in [3.05, 3.63) is 27.9 Å². The number of aromatic nitrogens is 1. The molecule has 0 spiro atoms. The monoisotopic (exact) mass is 279 g/mol. The van der Waals surface area contributed by atoms with Gasteiger partial charge < -0.3 is 10.4 Å². The van der Waals surface area contributed by atoms with Crippen LogP contribution in [0.3, 0.4) is 0 Å². The lowest BCUT2D eigenvalue weighted by Gasteiger charge is -2.35. The van der Waals surface area contributed by atoms with Crippen molar-refractivity contribution in [2.24, 2.45) is 5.41 Å². The molecule has 0 bridgehead atoms. The molecule has 0 aliphatic heterocycles. The number of nitrogens with one attached hydrogen (secondary N) is 1. The molecule has 1 aromatic rings. The number of aliphatic hydroxyl groups excluding tert-OH is 1. The highest BCUT2D eigenvalue weighted by Gasteiger charge is 2.32. The lowest BCUT2D eigenvalue weighted by atomic mass is 9.74. The molecule has 2 N–H and O–H groups in total. The third kappa shape index (κ3) is 3.07. The Morgan fingerprint density at radius 2 is 2.15 bits per heavy atom. The Hall–Kier alpha value is -1.69. The van der Waals surface area contributed by atoms with Crippen molar-refractivity contribution >= 4 is 11.5 Å². The summed E-state index contributed by atoms with van der Waals surface area (Å²) in [6.07, 6.45) is 6.88. The summed E-state index contributed by atoms with van der Waals surface area (Å²) in [5.74, 6) is 0.299. The lowest BCUT2D eigenvalue weighted by Crippen LogP contribution is -2.35. The second-order valence-electron chi connectivity index (χ2n) is 5.65. The van der Waals surface area contributed by atoms with Gasteiger partial charge in [-0.3, -0.25) is 10.1 Å². The second-order valence-corrected chi connectivity index (χ2v) is 5.65. The fourth-order valence-corrected chi connectivity index (χ4v) is 2.87. The summed E-state index contributed by atoms with van der Waals surface area (Å²) in [4.78, 5) is 14.8. The predicted octanol–water partition coefficient (Wildman–Crippen LogP) is 2.65.